The molecule has 16 heavy (non-hydrogen) atoms. The van der Waals surface area contributed by atoms with Gasteiger partial charge in [0.25, 0.3) is 0 Å². The molecule has 0 fully saturated rings. The second kappa shape index (κ2) is 4.25. The molecular formula is C11H16N4S. The lowest BCUT2D eigenvalue weighted by molar-refractivity contribution is 0.746. The number of nitrogens with zero attached hydrogens (tertiary/aromatic N) is 3. The molecule has 4 nitrogen and oxygen atoms in total. The van der Waals surface area contributed by atoms with Gasteiger partial charge in [0.2, 0.25) is 0 Å². The van der Waals surface area contributed by atoms with E-state index in [4.69, 9.17) is 0 Å². The van der Waals surface area contributed by atoms with Gasteiger partial charge in [0.05, 0.1) is 17.1 Å². The summed E-state index contributed by atoms with van der Waals surface area (Å²) in [5, 5.41) is 8.66. The maximum atomic E-state index is 4.46. The number of rotatable bonds is 3. The summed E-state index contributed by atoms with van der Waals surface area (Å²) in [6.07, 6.45) is 2.91. The van der Waals surface area contributed by atoms with E-state index in [9.17, 15) is 0 Å². The number of hydrogen-bond donors (Lipinski definition) is 1. The van der Waals surface area contributed by atoms with E-state index in [1.165, 1.54) is 4.88 Å². The molecule has 0 atom stereocenters. The molecule has 0 bridgehead atoms. The van der Waals surface area contributed by atoms with Crippen molar-refractivity contribution in [2.24, 2.45) is 7.05 Å². The van der Waals surface area contributed by atoms with Crippen molar-refractivity contribution in [1.82, 2.24) is 14.8 Å². The molecule has 1 N–H and O–H groups in total. The Morgan fingerprint density at radius 2 is 2.19 bits per heavy atom. The monoisotopic (exact) mass is 236 g/mol. The van der Waals surface area contributed by atoms with E-state index < -0.39 is 0 Å². The fourth-order valence-electron chi connectivity index (χ4n) is 1.54. The van der Waals surface area contributed by atoms with E-state index in [0.717, 1.165) is 28.6 Å². The summed E-state index contributed by atoms with van der Waals surface area (Å²) in [7, 11) is 1.93. The molecule has 0 radical (unpaired) electrons. The van der Waals surface area contributed by atoms with Crippen LogP contribution in [0.2, 0.25) is 0 Å². The van der Waals surface area contributed by atoms with E-state index in [0.29, 0.717) is 0 Å². The molecule has 0 saturated carbocycles. The van der Waals surface area contributed by atoms with Gasteiger partial charge >= 0.3 is 0 Å². The number of thiazole rings is 1. The Balaban J connectivity index is 2.26. The predicted molar refractivity (Wildman–Crippen MR) is 67.5 cm³/mol. The van der Waals surface area contributed by atoms with Crippen molar-refractivity contribution in [3.05, 3.63) is 22.5 Å². The van der Waals surface area contributed by atoms with E-state index >= 15 is 0 Å². The highest BCUT2D eigenvalue weighted by Gasteiger charge is 2.09. The van der Waals surface area contributed by atoms with E-state index in [2.05, 4.69) is 29.2 Å². The molecule has 0 aliphatic carbocycles. The van der Waals surface area contributed by atoms with Crippen LogP contribution in [0.4, 0.5) is 10.8 Å². The normalized spacial score (nSPS) is 10.8. The fraction of sp³-hybridized carbons (Fsp3) is 0.455. The zero-order valence-electron chi connectivity index (χ0n) is 10.0. The maximum Gasteiger partial charge on any atom is 0.187 e. The molecule has 0 aromatic carbocycles. The molecule has 5 heteroatoms. The third-order valence-corrected chi connectivity index (χ3v) is 3.50. The van der Waals surface area contributed by atoms with Crippen molar-refractivity contribution < 1.29 is 0 Å². The minimum Gasteiger partial charge on any atom is -0.329 e. The van der Waals surface area contributed by atoms with Gasteiger partial charge in [-0.25, -0.2) is 4.98 Å². The van der Waals surface area contributed by atoms with Gasteiger partial charge in [-0.05, 0) is 20.3 Å². The summed E-state index contributed by atoms with van der Waals surface area (Å²) in [6.45, 7) is 6.22. The first-order valence-electron chi connectivity index (χ1n) is 5.33. The van der Waals surface area contributed by atoms with Crippen LogP contribution in [0.25, 0.3) is 0 Å². The number of hydrogen-bond acceptors (Lipinski definition) is 4. The third kappa shape index (κ3) is 2.09. The fourth-order valence-corrected chi connectivity index (χ4v) is 2.37. The first-order valence-corrected chi connectivity index (χ1v) is 6.15. The predicted octanol–water partition coefficient (Wildman–Crippen LogP) is 2.80. The third-order valence-electron chi connectivity index (χ3n) is 2.51. The lowest BCUT2D eigenvalue weighted by Crippen LogP contribution is -1.92. The maximum absolute atomic E-state index is 4.46. The molecule has 2 aromatic heterocycles. The molecule has 0 unspecified atom stereocenters. The largest absolute Gasteiger partial charge is 0.329 e. The Morgan fingerprint density at radius 3 is 2.75 bits per heavy atom. The second-order valence-corrected chi connectivity index (χ2v) is 5.01. The van der Waals surface area contributed by atoms with Crippen LogP contribution in [0, 0.1) is 13.8 Å². The summed E-state index contributed by atoms with van der Waals surface area (Å²) in [5.74, 6) is 0. The van der Waals surface area contributed by atoms with E-state index in [-0.39, 0.29) is 0 Å². The zero-order chi connectivity index (χ0) is 11.7. The number of anilines is 2. The number of aryl methyl sites for hydroxylation is 4. The average Bonchev–Trinajstić information content (AvgIpc) is 2.72. The topological polar surface area (TPSA) is 42.7 Å². The highest BCUT2D eigenvalue weighted by Crippen LogP contribution is 2.26. The summed E-state index contributed by atoms with van der Waals surface area (Å²) in [5.41, 5.74) is 3.22. The molecule has 0 aliphatic heterocycles. The van der Waals surface area contributed by atoms with Crippen LogP contribution < -0.4 is 5.32 Å². The van der Waals surface area contributed by atoms with Crippen LogP contribution in [0.5, 0.6) is 0 Å². The number of nitrogens with one attached hydrogen (secondary N) is 1. The van der Waals surface area contributed by atoms with Crippen LogP contribution in [0.3, 0.4) is 0 Å². The van der Waals surface area contributed by atoms with E-state index in [1.54, 1.807) is 11.3 Å². The van der Waals surface area contributed by atoms with Crippen molar-refractivity contribution in [2.75, 3.05) is 5.32 Å². The summed E-state index contributed by atoms with van der Waals surface area (Å²) >= 11 is 1.68. The summed E-state index contributed by atoms with van der Waals surface area (Å²) in [6, 6.07) is 0. The lowest BCUT2D eigenvalue weighted by Gasteiger charge is -1.99. The van der Waals surface area contributed by atoms with Gasteiger partial charge in [-0.2, -0.15) is 5.10 Å². The molecular weight excluding hydrogens is 220 g/mol. The van der Waals surface area contributed by atoms with Gasteiger partial charge in [-0.3, -0.25) is 4.68 Å². The highest BCUT2D eigenvalue weighted by molar-refractivity contribution is 7.15. The Bertz CT molecular complexity index is 479. The van der Waals surface area contributed by atoms with Crippen molar-refractivity contribution in [3.63, 3.8) is 0 Å². The Kier molecular flexibility index (Phi) is 2.96. The van der Waals surface area contributed by atoms with Gasteiger partial charge in [0, 0.05) is 18.1 Å². The van der Waals surface area contributed by atoms with Crippen LogP contribution in [0.1, 0.15) is 23.2 Å². The first kappa shape index (κ1) is 11.1. The Morgan fingerprint density at radius 1 is 1.44 bits per heavy atom. The minimum atomic E-state index is 0.923. The molecule has 2 heterocycles. The lowest BCUT2D eigenvalue weighted by atomic mass is 10.3. The quantitative estimate of drug-likeness (QED) is 0.891. The highest BCUT2D eigenvalue weighted by atomic mass is 32.1. The molecule has 2 aromatic rings. The first-order chi connectivity index (χ1) is 7.60. The van der Waals surface area contributed by atoms with Crippen molar-refractivity contribution in [3.8, 4) is 0 Å². The molecule has 2 rings (SSSR count). The van der Waals surface area contributed by atoms with Crippen LogP contribution in [-0.4, -0.2) is 14.8 Å². The molecule has 0 spiro atoms. The van der Waals surface area contributed by atoms with E-state index in [1.807, 2.05) is 24.9 Å². The standard InChI is InChI=1S/C11H16N4S/c1-5-9-10(6-15(4)14-9)13-11-12-7(2)8(3)16-11/h6H,5H2,1-4H3,(H,12,13). The second-order valence-electron chi connectivity index (χ2n) is 3.80. The van der Waals surface area contributed by atoms with Crippen LogP contribution >= 0.6 is 11.3 Å². The molecule has 0 saturated heterocycles. The van der Waals surface area contributed by atoms with Gasteiger partial charge in [0.15, 0.2) is 5.13 Å². The van der Waals surface area contributed by atoms with Crippen LogP contribution in [0.15, 0.2) is 6.20 Å². The average molecular weight is 236 g/mol. The smallest absolute Gasteiger partial charge is 0.187 e. The van der Waals surface area contributed by atoms with Crippen molar-refractivity contribution in [2.45, 2.75) is 27.2 Å². The summed E-state index contributed by atoms with van der Waals surface area (Å²) < 4.78 is 1.83. The minimum absolute atomic E-state index is 0.923. The Hall–Kier alpha value is -1.36. The zero-order valence-corrected chi connectivity index (χ0v) is 10.9. The van der Waals surface area contributed by atoms with Gasteiger partial charge in [-0.1, -0.05) is 6.92 Å². The van der Waals surface area contributed by atoms with Crippen molar-refractivity contribution in [1.29, 1.82) is 0 Å². The van der Waals surface area contributed by atoms with Crippen molar-refractivity contribution >= 4 is 22.2 Å². The van der Waals surface area contributed by atoms with Crippen LogP contribution in [-0.2, 0) is 13.5 Å². The van der Waals surface area contributed by atoms with Gasteiger partial charge in [-0.15, -0.1) is 11.3 Å². The SMILES string of the molecule is CCc1nn(C)cc1Nc1nc(C)c(C)s1. The summed E-state index contributed by atoms with van der Waals surface area (Å²) in [4.78, 5) is 5.71. The van der Waals surface area contributed by atoms with Gasteiger partial charge in [0.1, 0.15) is 0 Å². The molecule has 0 aliphatic rings. The molecule has 0 amide bonds. The number of aromatic nitrogens is 3. The van der Waals surface area contributed by atoms with Gasteiger partial charge < -0.3 is 5.32 Å². The molecule has 86 valence electrons. The Labute approximate surface area is 99.3 Å².